The van der Waals surface area contributed by atoms with Crippen LogP contribution in [0.25, 0.3) is 0 Å². The topological polar surface area (TPSA) is 162 Å². The maximum Gasteiger partial charge on any atom is 0.409 e. The molecule has 2 saturated heterocycles. The van der Waals surface area contributed by atoms with E-state index >= 15 is 0 Å². The van der Waals surface area contributed by atoms with Crippen molar-refractivity contribution in [2.75, 3.05) is 32.8 Å². The summed E-state index contributed by atoms with van der Waals surface area (Å²) in [7, 11) is 4.48. The molecule has 2 aromatic carbocycles. The van der Waals surface area contributed by atoms with E-state index in [4.69, 9.17) is 40.0 Å². The number of alkyl carbamates (subject to hydrolysis) is 1. The maximum atomic E-state index is 14.0. The SMILES string of the molecule is COc1cc2cc(c1Cl)N(C)C(=O)C[C@H](OC(=O)COc1cccc(C(C)=O)c1)[C@]1(C)O[C@H]1[C@H](C)[C@@H]1C[C@@](O)(NC(=O)O1)[C@H](OC)/C=C/C=C(\C)C2. The van der Waals surface area contributed by atoms with Crippen molar-refractivity contribution >= 4 is 41.0 Å². The summed E-state index contributed by atoms with van der Waals surface area (Å²) in [6, 6.07) is 9.97. The third-order valence-corrected chi connectivity index (χ3v) is 10.2. The Morgan fingerprint density at radius 3 is 2.62 bits per heavy atom. The Kier molecular flexibility index (Phi) is 11.7. The number of esters is 1. The molecule has 2 aromatic rings. The predicted molar refractivity (Wildman–Crippen MR) is 191 cm³/mol. The van der Waals surface area contributed by atoms with Crippen molar-refractivity contribution in [3.05, 3.63) is 76.3 Å². The summed E-state index contributed by atoms with van der Waals surface area (Å²) in [4.78, 5) is 53.4. The fraction of sp³-hybridized carbons (Fsp3) is 0.474. The molecule has 13 nitrogen and oxygen atoms in total. The van der Waals surface area contributed by atoms with Crippen molar-refractivity contribution in [2.24, 2.45) is 5.92 Å². The van der Waals surface area contributed by atoms with Crippen LogP contribution in [0.2, 0.25) is 5.02 Å². The third kappa shape index (κ3) is 8.44. The summed E-state index contributed by atoms with van der Waals surface area (Å²) in [5, 5.41) is 14.4. The van der Waals surface area contributed by atoms with Crippen molar-refractivity contribution < 1.29 is 52.7 Å². The van der Waals surface area contributed by atoms with Gasteiger partial charge in [0.15, 0.2) is 18.1 Å². The molecule has 14 heteroatoms. The molecule has 2 amide bonds. The lowest BCUT2D eigenvalue weighted by molar-refractivity contribution is -0.156. The lowest BCUT2D eigenvalue weighted by Crippen LogP contribution is -2.63. The number of hydrogen-bond donors (Lipinski definition) is 2. The first-order chi connectivity index (χ1) is 24.6. The number of ketones is 1. The van der Waals surface area contributed by atoms with Crippen LogP contribution in [-0.2, 0) is 35.0 Å². The number of rotatable bonds is 7. The van der Waals surface area contributed by atoms with E-state index < -0.39 is 66.2 Å². The zero-order chi connectivity index (χ0) is 38.0. The zero-order valence-corrected chi connectivity index (χ0v) is 31.0. The molecule has 0 radical (unpaired) electrons. The average molecular weight is 741 g/mol. The van der Waals surface area contributed by atoms with Crippen LogP contribution >= 0.6 is 11.6 Å². The zero-order valence-electron chi connectivity index (χ0n) is 30.3. The van der Waals surface area contributed by atoms with E-state index in [2.05, 4.69) is 5.32 Å². The summed E-state index contributed by atoms with van der Waals surface area (Å²) in [6.07, 6.45) is 0.942. The molecule has 3 heterocycles. The largest absolute Gasteiger partial charge is 0.495 e. The molecule has 0 aromatic heterocycles. The minimum atomic E-state index is -1.82. The first-order valence-corrected chi connectivity index (χ1v) is 17.3. The van der Waals surface area contributed by atoms with Gasteiger partial charge in [0, 0.05) is 32.1 Å². The molecule has 2 N–H and O–H groups in total. The van der Waals surface area contributed by atoms with Gasteiger partial charge in [-0.25, -0.2) is 9.59 Å². The monoisotopic (exact) mass is 740 g/mol. The number of nitrogens with zero attached hydrogens (tertiary/aromatic N) is 1. The van der Waals surface area contributed by atoms with Gasteiger partial charge in [0.25, 0.3) is 0 Å². The van der Waals surface area contributed by atoms with Gasteiger partial charge in [0.05, 0.1) is 25.3 Å². The van der Waals surface area contributed by atoms with Crippen molar-refractivity contribution in [1.82, 2.24) is 5.32 Å². The first kappa shape index (κ1) is 38.8. The molecule has 280 valence electrons. The smallest absolute Gasteiger partial charge is 0.409 e. The summed E-state index contributed by atoms with van der Waals surface area (Å²) in [5.41, 5.74) is -0.494. The highest BCUT2D eigenvalue weighted by molar-refractivity contribution is 6.35. The molecule has 7 atom stereocenters. The maximum absolute atomic E-state index is 14.0. The van der Waals surface area contributed by atoms with E-state index in [-0.39, 0.29) is 23.6 Å². The average Bonchev–Trinajstić information content (AvgIpc) is 3.80. The fourth-order valence-electron chi connectivity index (χ4n) is 6.75. The van der Waals surface area contributed by atoms with E-state index in [1.165, 1.54) is 32.1 Å². The molecular weight excluding hydrogens is 696 g/mol. The first-order valence-electron chi connectivity index (χ1n) is 16.9. The number of anilines is 1. The lowest BCUT2D eigenvalue weighted by atomic mass is 9.83. The van der Waals surface area contributed by atoms with Crippen LogP contribution in [0.4, 0.5) is 10.5 Å². The minimum absolute atomic E-state index is 0.0508. The molecule has 2 fully saturated rings. The van der Waals surface area contributed by atoms with Crippen molar-refractivity contribution in [3.63, 3.8) is 0 Å². The van der Waals surface area contributed by atoms with Gasteiger partial charge in [-0.1, -0.05) is 54.5 Å². The number of amides is 2. The van der Waals surface area contributed by atoms with Crippen LogP contribution in [-0.4, -0.2) is 92.5 Å². The van der Waals surface area contributed by atoms with E-state index in [1.807, 2.05) is 13.0 Å². The summed E-state index contributed by atoms with van der Waals surface area (Å²) in [6.45, 7) is 6.33. The second-order valence-corrected chi connectivity index (χ2v) is 14.0. The van der Waals surface area contributed by atoms with Gasteiger partial charge in [0.1, 0.15) is 40.4 Å². The Hall–Kier alpha value is -4.43. The van der Waals surface area contributed by atoms with Crippen LogP contribution in [0, 0.1) is 5.92 Å². The van der Waals surface area contributed by atoms with E-state index in [1.54, 1.807) is 63.4 Å². The van der Waals surface area contributed by atoms with Crippen LogP contribution < -0.4 is 19.7 Å². The third-order valence-electron chi connectivity index (χ3n) is 9.82. The summed E-state index contributed by atoms with van der Waals surface area (Å²) >= 11 is 6.73. The van der Waals surface area contributed by atoms with Crippen LogP contribution in [0.15, 0.2) is 60.2 Å². The molecular formula is C38H45ClN2O11. The van der Waals surface area contributed by atoms with E-state index in [9.17, 15) is 24.3 Å². The number of methoxy groups -OCH3 is 2. The number of nitrogens with one attached hydrogen (secondary N) is 1. The number of halogens is 1. The number of fused-ring (bicyclic) bond motifs is 5. The van der Waals surface area contributed by atoms with Gasteiger partial charge in [0.2, 0.25) is 5.91 Å². The van der Waals surface area contributed by atoms with E-state index in [0.717, 1.165) is 11.1 Å². The number of ether oxygens (including phenoxy) is 6. The van der Waals surface area contributed by atoms with Gasteiger partial charge < -0.3 is 38.4 Å². The van der Waals surface area contributed by atoms with Crippen LogP contribution in [0.1, 0.15) is 56.5 Å². The number of epoxide rings is 1. The number of allylic oxidation sites excluding steroid dienone is 3. The van der Waals surface area contributed by atoms with Gasteiger partial charge in [-0.15, -0.1) is 0 Å². The normalized spacial score (nSPS) is 30.8. The Labute approximate surface area is 307 Å². The second kappa shape index (κ2) is 15.7. The van der Waals surface area contributed by atoms with Crippen LogP contribution in [0.5, 0.6) is 11.5 Å². The number of carbonyl (C=O) groups is 4. The highest BCUT2D eigenvalue weighted by Gasteiger charge is 2.64. The highest BCUT2D eigenvalue weighted by atomic mass is 35.5. The Balaban J connectivity index is 1.50. The standard InChI is InChI=1S/C38H45ClN2O11/c1-21-10-8-13-30(48-7)38(46)19-29(50-36(45)40-38)22(2)35-37(4,52-35)31(51-33(44)20-49-26-12-9-11-25(17-26)23(3)42)18-32(43)41(5)27-15-24(14-21)16-28(47-6)34(27)39/h8-13,15-17,22,29-31,35,46H,14,18-20H2,1-7H3,(H,40,45)/b13-8+,21-10+/t22-,29+,30-,31+,35+,37+,38+/m1/s1. The van der Waals surface area contributed by atoms with Crippen molar-refractivity contribution in [2.45, 2.75) is 82.7 Å². The lowest BCUT2D eigenvalue weighted by Gasteiger charge is -2.42. The number of benzene rings is 2. The highest BCUT2D eigenvalue weighted by Crippen LogP contribution is 2.49. The summed E-state index contributed by atoms with van der Waals surface area (Å²) < 4.78 is 34.6. The van der Waals surface area contributed by atoms with Gasteiger partial charge >= 0.3 is 12.1 Å². The molecule has 0 aliphatic carbocycles. The Morgan fingerprint density at radius 1 is 1.17 bits per heavy atom. The van der Waals surface area contributed by atoms with Gasteiger partial charge in [-0.2, -0.15) is 0 Å². The second-order valence-electron chi connectivity index (χ2n) is 13.6. The summed E-state index contributed by atoms with van der Waals surface area (Å²) in [5.74, 6) is -1.24. The number of Topliss-reactive ketones (excluding diaryl/α,β-unsaturated/α-hetero) is 1. The molecule has 3 aliphatic rings. The van der Waals surface area contributed by atoms with Gasteiger partial charge in [-0.3, -0.25) is 14.9 Å². The fourth-order valence-corrected chi connectivity index (χ4v) is 7.06. The number of hydrogen-bond acceptors (Lipinski definition) is 11. The molecule has 0 unspecified atom stereocenters. The molecule has 52 heavy (non-hydrogen) atoms. The molecule has 4 bridgehead atoms. The molecule has 3 aliphatic heterocycles. The van der Waals surface area contributed by atoms with Crippen molar-refractivity contribution in [1.29, 1.82) is 0 Å². The number of carbonyl (C=O) groups excluding carboxylic acids is 4. The van der Waals surface area contributed by atoms with Crippen molar-refractivity contribution in [3.8, 4) is 11.5 Å². The van der Waals surface area contributed by atoms with E-state index in [0.29, 0.717) is 29.2 Å². The Bertz CT molecular complexity index is 1780. The molecule has 0 saturated carbocycles. The minimum Gasteiger partial charge on any atom is -0.495 e. The number of aliphatic hydroxyl groups is 1. The van der Waals surface area contributed by atoms with Crippen LogP contribution in [0.3, 0.4) is 0 Å². The predicted octanol–water partition coefficient (Wildman–Crippen LogP) is 4.95. The molecule has 0 spiro atoms. The molecule has 5 rings (SSSR count). The Morgan fingerprint density at radius 2 is 1.92 bits per heavy atom. The van der Waals surface area contributed by atoms with Gasteiger partial charge in [-0.05, 0) is 57.0 Å². The quantitative estimate of drug-likeness (QED) is 0.225.